The van der Waals surface area contributed by atoms with Gasteiger partial charge >= 0.3 is 0 Å². The first kappa shape index (κ1) is 30.3. The Morgan fingerprint density at radius 3 is 1.98 bits per heavy atom. The highest BCUT2D eigenvalue weighted by Gasteiger charge is 2.21. The van der Waals surface area contributed by atoms with Gasteiger partial charge in [0.15, 0.2) is 0 Å². The van der Waals surface area contributed by atoms with Crippen LogP contribution in [0, 0.1) is 11.3 Å². The zero-order valence-corrected chi connectivity index (χ0v) is 25.1. The first-order valence-electron chi connectivity index (χ1n) is 12.5. The molecule has 1 heterocycles. The minimum absolute atomic E-state index is 0.0237. The number of alkyl halides is 1. The van der Waals surface area contributed by atoms with Crippen molar-refractivity contribution in [2.75, 3.05) is 67.8 Å². The largest absolute Gasteiger partial charge is 0.491 e. The van der Waals surface area contributed by atoms with E-state index in [4.69, 9.17) is 14.7 Å². The zero-order chi connectivity index (χ0) is 28.6. The van der Waals surface area contributed by atoms with E-state index in [1.54, 1.807) is 12.1 Å². The molecule has 0 unspecified atom stereocenters. The summed E-state index contributed by atoms with van der Waals surface area (Å²) in [5.74, 6) is 0.0750. The third-order valence-electron chi connectivity index (χ3n) is 6.34. The van der Waals surface area contributed by atoms with Gasteiger partial charge < -0.3 is 24.6 Å². The summed E-state index contributed by atoms with van der Waals surface area (Å²) < 4.78 is 22.8. The second kappa shape index (κ2) is 14.3. The van der Waals surface area contributed by atoms with Gasteiger partial charge in [0, 0.05) is 57.1 Å². The van der Waals surface area contributed by atoms with Crippen LogP contribution < -0.4 is 19.9 Å². The summed E-state index contributed by atoms with van der Waals surface area (Å²) in [5, 5.41) is 11.9. The van der Waals surface area contributed by atoms with Gasteiger partial charge in [0.1, 0.15) is 19.0 Å². The van der Waals surface area contributed by atoms with Crippen molar-refractivity contribution >= 4 is 73.5 Å². The number of nitrogens with one attached hydrogen (secondary N) is 1. The number of anilines is 3. The number of thiol groups is 4. The summed E-state index contributed by atoms with van der Waals surface area (Å²) in [4.78, 5) is 19.7. The molecule has 1 saturated heterocycles. The maximum atomic E-state index is 13.2. The van der Waals surface area contributed by atoms with Crippen LogP contribution in [0.25, 0.3) is 0 Å². The van der Waals surface area contributed by atoms with Crippen molar-refractivity contribution in [3.63, 3.8) is 0 Å². The van der Waals surface area contributed by atoms with Crippen LogP contribution in [0.4, 0.5) is 21.5 Å². The SMILES string of the molecule is N#Cc1ccc(N2CCN(c3cc(S)c(NC(=O)c4c(S)cc(OCCOCCF)cc4S)c(S)c3)CC2)cc1. The maximum absolute atomic E-state index is 13.2. The van der Waals surface area contributed by atoms with Gasteiger partial charge in [0.25, 0.3) is 5.91 Å². The summed E-state index contributed by atoms with van der Waals surface area (Å²) in [6.07, 6.45) is 0. The molecule has 210 valence electrons. The van der Waals surface area contributed by atoms with Gasteiger partial charge in [-0.15, -0.1) is 50.5 Å². The number of ether oxygens (including phenoxy) is 2. The zero-order valence-electron chi connectivity index (χ0n) is 21.5. The molecular weight excluding hydrogens is 588 g/mol. The van der Waals surface area contributed by atoms with Gasteiger partial charge in [0.2, 0.25) is 0 Å². The number of halogens is 1. The Labute approximate surface area is 255 Å². The molecule has 0 saturated carbocycles. The van der Waals surface area contributed by atoms with E-state index in [0.717, 1.165) is 37.6 Å². The van der Waals surface area contributed by atoms with E-state index < -0.39 is 12.6 Å². The van der Waals surface area contributed by atoms with Crippen molar-refractivity contribution in [2.24, 2.45) is 0 Å². The van der Waals surface area contributed by atoms with E-state index in [1.165, 1.54) is 0 Å². The lowest BCUT2D eigenvalue weighted by molar-refractivity contribution is 0.0895. The Hall–Kier alpha value is -2.69. The molecule has 4 rings (SSSR count). The second-order valence-electron chi connectivity index (χ2n) is 8.93. The predicted molar refractivity (Wildman–Crippen MR) is 168 cm³/mol. The second-order valence-corrected chi connectivity index (χ2v) is 10.9. The van der Waals surface area contributed by atoms with Crippen LogP contribution in [-0.4, -0.2) is 58.6 Å². The number of nitrogens with zero attached hydrogens (tertiary/aromatic N) is 3. The number of carbonyl (C=O) groups excluding carboxylic acids is 1. The third-order valence-corrected chi connectivity index (χ3v) is 7.75. The van der Waals surface area contributed by atoms with E-state index in [9.17, 15) is 9.18 Å². The highest BCUT2D eigenvalue weighted by Crippen LogP contribution is 2.35. The first-order chi connectivity index (χ1) is 19.3. The highest BCUT2D eigenvalue weighted by molar-refractivity contribution is 7.81. The Bertz CT molecular complexity index is 1350. The summed E-state index contributed by atoms with van der Waals surface area (Å²) in [6, 6.07) is 16.8. The third kappa shape index (κ3) is 7.53. The molecule has 12 heteroatoms. The normalized spacial score (nSPS) is 13.2. The molecule has 1 fully saturated rings. The molecule has 0 spiro atoms. The van der Waals surface area contributed by atoms with Crippen LogP contribution in [0.5, 0.6) is 5.75 Å². The van der Waals surface area contributed by atoms with Crippen LogP contribution in [0.3, 0.4) is 0 Å². The lowest BCUT2D eigenvalue weighted by atomic mass is 10.1. The van der Waals surface area contributed by atoms with Crippen LogP contribution in [0.1, 0.15) is 15.9 Å². The minimum atomic E-state index is -0.547. The standard InChI is InChI=1S/C28H29FN4O3S4/c29-5-10-35-11-12-36-21-15-22(37)26(23(38)16-21)28(34)31-27-24(39)13-20(14-25(27)40)33-8-6-32(7-9-33)19-3-1-18(17-30)2-4-19/h1-4,13-16,37-40H,5-12H2,(H,31,34). The highest BCUT2D eigenvalue weighted by atomic mass is 32.1. The number of piperazine rings is 1. The first-order valence-corrected chi connectivity index (χ1v) is 14.3. The number of amides is 1. The molecule has 0 aliphatic carbocycles. The van der Waals surface area contributed by atoms with E-state index in [0.29, 0.717) is 36.6 Å². The van der Waals surface area contributed by atoms with Gasteiger partial charge in [-0.3, -0.25) is 4.79 Å². The fourth-order valence-electron chi connectivity index (χ4n) is 4.33. The molecule has 0 atom stereocenters. The quantitative estimate of drug-likeness (QED) is 0.150. The molecule has 1 amide bonds. The predicted octanol–water partition coefficient (Wildman–Crippen LogP) is 5.66. The van der Waals surface area contributed by atoms with Crippen LogP contribution >= 0.6 is 50.5 Å². The topological polar surface area (TPSA) is 77.8 Å². The Kier molecular flexibility index (Phi) is 10.8. The summed E-state index contributed by atoms with van der Waals surface area (Å²) in [6.45, 7) is 3.21. The maximum Gasteiger partial charge on any atom is 0.257 e. The fourth-order valence-corrected chi connectivity index (χ4v) is 5.82. The molecule has 40 heavy (non-hydrogen) atoms. The summed E-state index contributed by atoms with van der Waals surface area (Å²) in [5.41, 5.74) is 3.48. The van der Waals surface area contributed by atoms with Crippen molar-refractivity contribution in [3.05, 3.63) is 59.7 Å². The van der Waals surface area contributed by atoms with E-state index in [-0.39, 0.29) is 25.4 Å². The molecular formula is C28H29FN4O3S4. The van der Waals surface area contributed by atoms with Crippen LogP contribution in [-0.2, 0) is 4.74 Å². The summed E-state index contributed by atoms with van der Waals surface area (Å²) in [7, 11) is 0. The Balaban J connectivity index is 1.39. The van der Waals surface area contributed by atoms with E-state index >= 15 is 0 Å². The number of carbonyl (C=O) groups is 1. The van der Waals surface area contributed by atoms with Gasteiger partial charge in [-0.05, 0) is 48.5 Å². The average molecular weight is 617 g/mol. The van der Waals surface area contributed by atoms with Gasteiger partial charge in [0.05, 0.1) is 36.1 Å². The fraction of sp³-hybridized carbons (Fsp3) is 0.286. The minimum Gasteiger partial charge on any atom is -0.491 e. The lowest BCUT2D eigenvalue weighted by Crippen LogP contribution is -2.46. The molecule has 3 aromatic rings. The molecule has 7 nitrogen and oxygen atoms in total. The van der Waals surface area contributed by atoms with Crippen LogP contribution in [0.2, 0.25) is 0 Å². The van der Waals surface area contributed by atoms with Crippen molar-refractivity contribution in [3.8, 4) is 11.8 Å². The van der Waals surface area contributed by atoms with Crippen LogP contribution in [0.15, 0.2) is 68.1 Å². The molecule has 1 aliphatic heterocycles. The Morgan fingerprint density at radius 2 is 1.43 bits per heavy atom. The van der Waals surface area contributed by atoms with Crippen molar-refractivity contribution in [1.82, 2.24) is 0 Å². The monoisotopic (exact) mass is 616 g/mol. The van der Waals surface area contributed by atoms with E-state index in [1.807, 2.05) is 36.4 Å². The molecule has 0 bridgehead atoms. The number of benzene rings is 3. The van der Waals surface area contributed by atoms with Crippen molar-refractivity contribution in [2.45, 2.75) is 19.6 Å². The average Bonchev–Trinajstić information content (AvgIpc) is 2.94. The molecule has 1 aliphatic rings. The van der Waals surface area contributed by atoms with Crippen molar-refractivity contribution < 1.29 is 18.7 Å². The molecule has 0 aromatic heterocycles. The number of rotatable bonds is 10. The summed E-state index contributed by atoms with van der Waals surface area (Å²) >= 11 is 18.2. The smallest absolute Gasteiger partial charge is 0.257 e. The van der Waals surface area contributed by atoms with E-state index in [2.05, 4.69) is 71.7 Å². The lowest BCUT2D eigenvalue weighted by Gasteiger charge is -2.37. The number of nitriles is 1. The molecule has 3 aromatic carbocycles. The molecule has 1 N–H and O–H groups in total. The number of hydrogen-bond donors (Lipinski definition) is 5. The molecule has 0 radical (unpaired) electrons. The van der Waals surface area contributed by atoms with Gasteiger partial charge in [-0.2, -0.15) is 5.26 Å². The number of hydrogen-bond acceptors (Lipinski definition) is 10. The van der Waals surface area contributed by atoms with Gasteiger partial charge in [-0.1, -0.05) is 0 Å². The van der Waals surface area contributed by atoms with Gasteiger partial charge in [-0.25, -0.2) is 4.39 Å². The Morgan fingerprint density at radius 1 is 0.850 bits per heavy atom. The van der Waals surface area contributed by atoms with Crippen molar-refractivity contribution in [1.29, 1.82) is 5.26 Å².